The van der Waals surface area contributed by atoms with Crippen molar-refractivity contribution in [2.75, 3.05) is 5.73 Å². The quantitative estimate of drug-likeness (QED) is 0.784. The maximum absolute atomic E-state index is 5.94. The van der Waals surface area contributed by atoms with E-state index in [9.17, 15) is 0 Å². The molecule has 0 aliphatic heterocycles. The fraction of sp³-hybridized carbons (Fsp3) is 0.727. The Bertz CT molecular complexity index is 316. The number of nitrogens with two attached hydrogens (primary N) is 1. The first kappa shape index (κ1) is 9.56. The van der Waals surface area contributed by atoms with Gasteiger partial charge in [0.2, 0.25) is 0 Å². The summed E-state index contributed by atoms with van der Waals surface area (Å²) in [7, 11) is 0. The number of aromatic nitrogens is 2. The van der Waals surface area contributed by atoms with Gasteiger partial charge in [0.05, 0.1) is 11.7 Å². The Kier molecular flexibility index (Phi) is 2.48. The molecule has 0 saturated heterocycles. The summed E-state index contributed by atoms with van der Waals surface area (Å²) in [6.07, 6.45) is 5.13. The van der Waals surface area contributed by atoms with Gasteiger partial charge in [-0.1, -0.05) is 19.8 Å². The van der Waals surface area contributed by atoms with E-state index in [4.69, 9.17) is 5.73 Å². The molecular weight excluding hydrogens is 174 g/mol. The van der Waals surface area contributed by atoms with Crippen LogP contribution in [-0.4, -0.2) is 9.78 Å². The molecule has 1 heterocycles. The topological polar surface area (TPSA) is 43.8 Å². The van der Waals surface area contributed by atoms with Crippen molar-refractivity contribution in [1.82, 2.24) is 9.78 Å². The van der Waals surface area contributed by atoms with Gasteiger partial charge in [-0.2, -0.15) is 5.10 Å². The van der Waals surface area contributed by atoms with Gasteiger partial charge in [-0.3, -0.25) is 0 Å². The van der Waals surface area contributed by atoms with Gasteiger partial charge < -0.3 is 5.73 Å². The van der Waals surface area contributed by atoms with Crippen LogP contribution in [0.4, 0.5) is 5.82 Å². The fourth-order valence-corrected chi connectivity index (χ4v) is 2.62. The highest BCUT2D eigenvalue weighted by atomic mass is 15.3. The Morgan fingerprint density at radius 2 is 2.36 bits per heavy atom. The SMILES string of the molecule is CCC1CCCC1n1nc(C)cc1N. The van der Waals surface area contributed by atoms with Crippen LogP contribution in [0, 0.1) is 12.8 Å². The first-order valence-electron chi connectivity index (χ1n) is 5.54. The molecule has 0 spiro atoms. The van der Waals surface area contributed by atoms with Crippen LogP contribution in [0.1, 0.15) is 44.3 Å². The predicted molar refractivity (Wildman–Crippen MR) is 58.0 cm³/mol. The third kappa shape index (κ3) is 1.51. The van der Waals surface area contributed by atoms with Gasteiger partial charge in [-0.15, -0.1) is 0 Å². The zero-order valence-electron chi connectivity index (χ0n) is 9.03. The highest BCUT2D eigenvalue weighted by Crippen LogP contribution is 2.38. The molecule has 1 saturated carbocycles. The second-order valence-electron chi connectivity index (χ2n) is 4.32. The van der Waals surface area contributed by atoms with Gasteiger partial charge in [0, 0.05) is 6.07 Å². The van der Waals surface area contributed by atoms with Gasteiger partial charge in [0.15, 0.2) is 0 Å². The number of nitrogen functional groups attached to an aromatic ring is 1. The van der Waals surface area contributed by atoms with Crippen LogP contribution < -0.4 is 5.73 Å². The second-order valence-corrected chi connectivity index (χ2v) is 4.32. The molecule has 2 rings (SSSR count). The van der Waals surface area contributed by atoms with E-state index in [0.717, 1.165) is 17.4 Å². The van der Waals surface area contributed by atoms with E-state index < -0.39 is 0 Å². The molecule has 3 heteroatoms. The summed E-state index contributed by atoms with van der Waals surface area (Å²) in [6, 6.07) is 2.51. The number of hydrogen-bond donors (Lipinski definition) is 1. The van der Waals surface area contributed by atoms with Gasteiger partial charge >= 0.3 is 0 Å². The molecule has 1 aliphatic carbocycles. The Balaban J connectivity index is 2.25. The fourth-order valence-electron chi connectivity index (χ4n) is 2.62. The predicted octanol–water partition coefficient (Wildman–Crippen LogP) is 2.52. The van der Waals surface area contributed by atoms with Crippen molar-refractivity contribution in [2.24, 2.45) is 5.92 Å². The third-order valence-corrected chi connectivity index (χ3v) is 3.34. The highest BCUT2D eigenvalue weighted by molar-refractivity contribution is 5.31. The van der Waals surface area contributed by atoms with Crippen LogP contribution in [0.15, 0.2) is 6.07 Å². The zero-order chi connectivity index (χ0) is 10.1. The van der Waals surface area contributed by atoms with E-state index in [0.29, 0.717) is 6.04 Å². The minimum atomic E-state index is 0.550. The summed E-state index contributed by atoms with van der Waals surface area (Å²) in [5.41, 5.74) is 6.97. The summed E-state index contributed by atoms with van der Waals surface area (Å²) in [6.45, 7) is 4.26. The lowest BCUT2D eigenvalue weighted by Gasteiger charge is -2.19. The molecule has 14 heavy (non-hydrogen) atoms. The molecule has 2 atom stereocenters. The molecule has 0 radical (unpaired) electrons. The van der Waals surface area contributed by atoms with Gasteiger partial charge in [-0.25, -0.2) is 4.68 Å². The Hall–Kier alpha value is -0.990. The van der Waals surface area contributed by atoms with Crippen LogP contribution in [0.2, 0.25) is 0 Å². The molecule has 0 aromatic carbocycles. The molecule has 2 N–H and O–H groups in total. The lowest BCUT2D eigenvalue weighted by Crippen LogP contribution is -2.16. The van der Waals surface area contributed by atoms with E-state index in [2.05, 4.69) is 12.0 Å². The van der Waals surface area contributed by atoms with E-state index >= 15 is 0 Å². The van der Waals surface area contributed by atoms with Crippen molar-refractivity contribution in [2.45, 2.75) is 45.6 Å². The van der Waals surface area contributed by atoms with Gasteiger partial charge in [0.1, 0.15) is 5.82 Å². The van der Waals surface area contributed by atoms with Crippen molar-refractivity contribution >= 4 is 5.82 Å². The monoisotopic (exact) mass is 193 g/mol. The largest absolute Gasteiger partial charge is 0.384 e. The van der Waals surface area contributed by atoms with E-state index in [1.165, 1.54) is 25.7 Å². The second kappa shape index (κ2) is 3.64. The Morgan fingerprint density at radius 3 is 2.93 bits per heavy atom. The molecule has 0 bridgehead atoms. The van der Waals surface area contributed by atoms with Gasteiger partial charge in [0.25, 0.3) is 0 Å². The highest BCUT2D eigenvalue weighted by Gasteiger charge is 2.28. The van der Waals surface area contributed by atoms with Crippen LogP contribution >= 0.6 is 0 Å². The molecule has 0 amide bonds. The van der Waals surface area contributed by atoms with Crippen molar-refractivity contribution < 1.29 is 0 Å². The average molecular weight is 193 g/mol. The molecule has 78 valence electrons. The lowest BCUT2D eigenvalue weighted by molar-refractivity contribution is 0.346. The molecule has 2 unspecified atom stereocenters. The normalized spacial score (nSPS) is 27.0. The lowest BCUT2D eigenvalue weighted by atomic mass is 10.0. The van der Waals surface area contributed by atoms with Crippen molar-refractivity contribution in [3.05, 3.63) is 11.8 Å². The van der Waals surface area contributed by atoms with Crippen LogP contribution in [0.5, 0.6) is 0 Å². The molecule has 1 fully saturated rings. The summed E-state index contributed by atoms with van der Waals surface area (Å²) in [5.74, 6) is 1.60. The van der Waals surface area contributed by atoms with E-state index in [-0.39, 0.29) is 0 Å². The summed E-state index contributed by atoms with van der Waals surface area (Å²) < 4.78 is 2.04. The smallest absolute Gasteiger partial charge is 0.122 e. The van der Waals surface area contributed by atoms with Crippen LogP contribution in [-0.2, 0) is 0 Å². The first-order chi connectivity index (χ1) is 6.72. The molecule has 1 aromatic heterocycles. The molecule has 3 nitrogen and oxygen atoms in total. The first-order valence-corrected chi connectivity index (χ1v) is 5.54. The van der Waals surface area contributed by atoms with Gasteiger partial charge in [-0.05, 0) is 25.7 Å². The van der Waals surface area contributed by atoms with Crippen molar-refractivity contribution in [3.63, 3.8) is 0 Å². The standard InChI is InChI=1S/C11H19N3/c1-3-9-5-4-6-10(9)14-11(12)7-8(2)13-14/h7,9-10H,3-6,12H2,1-2H3. The molecule has 1 aromatic rings. The minimum absolute atomic E-state index is 0.550. The summed E-state index contributed by atoms with van der Waals surface area (Å²) in [5, 5.41) is 4.48. The van der Waals surface area contributed by atoms with Crippen LogP contribution in [0.25, 0.3) is 0 Å². The molecular formula is C11H19N3. The van der Waals surface area contributed by atoms with Crippen LogP contribution in [0.3, 0.4) is 0 Å². The van der Waals surface area contributed by atoms with E-state index in [1.54, 1.807) is 0 Å². The maximum Gasteiger partial charge on any atom is 0.122 e. The Labute approximate surface area is 85.3 Å². The zero-order valence-corrected chi connectivity index (χ0v) is 9.03. The number of rotatable bonds is 2. The average Bonchev–Trinajstić information content (AvgIpc) is 2.71. The Morgan fingerprint density at radius 1 is 1.57 bits per heavy atom. The summed E-state index contributed by atoms with van der Waals surface area (Å²) >= 11 is 0. The van der Waals surface area contributed by atoms with E-state index in [1.807, 2.05) is 17.7 Å². The summed E-state index contributed by atoms with van der Waals surface area (Å²) in [4.78, 5) is 0. The van der Waals surface area contributed by atoms with Crippen molar-refractivity contribution in [3.8, 4) is 0 Å². The number of hydrogen-bond acceptors (Lipinski definition) is 2. The number of nitrogens with zero attached hydrogens (tertiary/aromatic N) is 2. The maximum atomic E-state index is 5.94. The van der Waals surface area contributed by atoms with Crippen molar-refractivity contribution in [1.29, 1.82) is 0 Å². The number of aryl methyl sites for hydroxylation is 1. The third-order valence-electron chi connectivity index (χ3n) is 3.34. The number of anilines is 1. The minimum Gasteiger partial charge on any atom is -0.384 e. The molecule has 1 aliphatic rings.